The number of aromatic nitrogens is 2. The maximum absolute atomic E-state index is 7.02. The second-order valence-corrected chi connectivity index (χ2v) is 22.3. The van der Waals surface area contributed by atoms with Crippen molar-refractivity contribution in [2.24, 2.45) is 0 Å². The van der Waals surface area contributed by atoms with E-state index in [0.29, 0.717) is 5.82 Å². The predicted octanol–water partition coefficient (Wildman–Crippen LogP) is 14.1. The molecule has 0 fully saturated rings. The van der Waals surface area contributed by atoms with Crippen LogP contribution in [0.3, 0.4) is 0 Å². The molecule has 8 aromatic carbocycles. The molecule has 0 radical (unpaired) electrons. The molecule has 10 aromatic rings. The highest BCUT2D eigenvalue weighted by Crippen LogP contribution is 2.63. The second-order valence-electron chi connectivity index (χ2n) is 17.2. The Morgan fingerprint density at radius 1 is 0.459 bits per heavy atom. The highest BCUT2D eigenvalue weighted by atomic mass is 28.3. The molecule has 0 saturated carbocycles. The maximum Gasteiger partial charge on any atom is 0.160 e. The SMILES string of the molecule is C[Si](C)(C)c1cccc(-c2cc(-c3ccc(-c4cccc5c4-c4ccccc4C54c5ccccc5Oc5ccccc54)c4oc5ccccc5c34)nc(-c3ccccc3)n2)c1. The number of hydrogen-bond acceptors (Lipinski definition) is 4. The molecule has 5 heteroatoms. The Kier molecular flexibility index (Phi) is 7.78. The number of furan rings is 1. The fourth-order valence-electron chi connectivity index (χ4n) is 9.98. The molecule has 61 heavy (non-hydrogen) atoms. The van der Waals surface area contributed by atoms with Crippen LogP contribution in [0.4, 0.5) is 0 Å². The van der Waals surface area contributed by atoms with Gasteiger partial charge in [-0.05, 0) is 58.1 Å². The minimum absolute atomic E-state index is 0.571. The van der Waals surface area contributed by atoms with E-state index in [1.165, 1.54) is 27.4 Å². The summed E-state index contributed by atoms with van der Waals surface area (Å²) < 4.78 is 13.6. The molecule has 0 N–H and O–H groups in total. The Bertz CT molecular complexity index is 3350. The smallest absolute Gasteiger partial charge is 0.160 e. The van der Waals surface area contributed by atoms with Gasteiger partial charge in [0.1, 0.15) is 22.7 Å². The van der Waals surface area contributed by atoms with Crippen LogP contribution in [-0.2, 0) is 5.41 Å². The summed E-state index contributed by atoms with van der Waals surface area (Å²) in [6, 6.07) is 67.0. The lowest BCUT2D eigenvalue weighted by Crippen LogP contribution is -2.37. The molecule has 0 amide bonds. The molecule has 1 aliphatic heterocycles. The predicted molar refractivity (Wildman–Crippen MR) is 251 cm³/mol. The molecule has 12 rings (SSSR count). The van der Waals surface area contributed by atoms with Crippen LogP contribution in [0.1, 0.15) is 22.3 Å². The first kappa shape index (κ1) is 35.6. The molecule has 4 nitrogen and oxygen atoms in total. The number of benzene rings is 8. The lowest BCUT2D eigenvalue weighted by molar-refractivity contribution is 0.436. The van der Waals surface area contributed by atoms with Gasteiger partial charge in [0.25, 0.3) is 0 Å². The maximum atomic E-state index is 7.02. The van der Waals surface area contributed by atoms with Crippen molar-refractivity contribution in [3.05, 3.63) is 210 Å². The summed E-state index contributed by atoms with van der Waals surface area (Å²) in [5.41, 5.74) is 15.3. The van der Waals surface area contributed by atoms with Gasteiger partial charge in [-0.3, -0.25) is 0 Å². The molecule has 1 spiro atoms. The fraction of sp³-hybridized carbons (Fsp3) is 0.0714. The van der Waals surface area contributed by atoms with E-state index in [2.05, 4.69) is 183 Å². The van der Waals surface area contributed by atoms with E-state index in [-0.39, 0.29) is 0 Å². The average molecular weight is 801 g/mol. The topological polar surface area (TPSA) is 48.2 Å². The lowest BCUT2D eigenvalue weighted by Gasteiger charge is -2.39. The van der Waals surface area contributed by atoms with Crippen molar-refractivity contribution in [2.75, 3.05) is 0 Å². The van der Waals surface area contributed by atoms with Crippen molar-refractivity contribution < 1.29 is 9.15 Å². The van der Waals surface area contributed by atoms with Crippen LogP contribution in [-0.4, -0.2) is 18.0 Å². The van der Waals surface area contributed by atoms with Crippen molar-refractivity contribution in [3.8, 4) is 67.7 Å². The number of hydrogen-bond donors (Lipinski definition) is 0. The zero-order valence-electron chi connectivity index (χ0n) is 34.1. The minimum atomic E-state index is -1.59. The summed E-state index contributed by atoms with van der Waals surface area (Å²) in [5, 5.41) is 3.48. The van der Waals surface area contributed by atoms with E-state index in [1.54, 1.807) is 0 Å². The van der Waals surface area contributed by atoms with Gasteiger partial charge in [0.2, 0.25) is 0 Å². The summed E-state index contributed by atoms with van der Waals surface area (Å²) in [4.78, 5) is 10.6. The Labute approximate surface area is 355 Å². The number of ether oxygens (including phenoxy) is 1. The third kappa shape index (κ3) is 5.30. The van der Waals surface area contributed by atoms with Gasteiger partial charge in [0.05, 0.1) is 24.9 Å². The van der Waals surface area contributed by atoms with E-state index in [0.717, 1.165) is 83.8 Å². The van der Waals surface area contributed by atoms with Crippen LogP contribution < -0.4 is 9.92 Å². The number of nitrogens with zero attached hydrogens (tertiary/aromatic N) is 2. The molecule has 0 atom stereocenters. The van der Waals surface area contributed by atoms with Crippen LogP contribution in [0.15, 0.2) is 192 Å². The van der Waals surface area contributed by atoms with E-state index < -0.39 is 13.5 Å². The van der Waals surface area contributed by atoms with Gasteiger partial charge in [-0.1, -0.05) is 183 Å². The zero-order chi connectivity index (χ0) is 40.9. The van der Waals surface area contributed by atoms with Crippen LogP contribution >= 0.6 is 0 Å². The fourth-order valence-corrected chi connectivity index (χ4v) is 11.2. The van der Waals surface area contributed by atoms with Gasteiger partial charge in [0.15, 0.2) is 5.82 Å². The van der Waals surface area contributed by atoms with Gasteiger partial charge in [-0.2, -0.15) is 0 Å². The third-order valence-corrected chi connectivity index (χ3v) is 14.8. The molecule has 0 saturated heterocycles. The molecule has 2 aliphatic rings. The number of fused-ring (bicyclic) bond motifs is 12. The van der Waals surface area contributed by atoms with Crippen LogP contribution in [0.2, 0.25) is 19.6 Å². The molecule has 0 bridgehead atoms. The monoisotopic (exact) mass is 800 g/mol. The van der Waals surface area contributed by atoms with Gasteiger partial charge >= 0.3 is 0 Å². The van der Waals surface area contributed by atoms with Gasteiger partial charge in [-0.25, -0.2) is 9.97 Å². The summed E-state index contributed by atoms with van der Waals surface area (Å²) in [6.07, 6.45) is 0. The van der Waals surface area contributed by atoms with E-state index in [4.69, 9.17) is 19.1 Å². The first-order valence-electron chi connectivity index (χ1n) is 21.0. The quantitative estimate of drug-likeness (QED) is 0.163. The van der Waals surface area contributed by atoms with E-state index in [9.17, 15) is 0 Å². The van der Waals surface area contributed by atoms with Crippen molar-refractivity contribution in [2.45, 2.75) is 25.1 Å². The van der Waals surface area contributed by atoms with Gasteiger partial charge < -0.3 is 9.15 Å². The Balaban J connectivity index is 1.13. The normalized spacial score (nSPS) is 13.4. The molecule has 1 aliphatic carbocycles. The van der Waals surface area contributed by atoms with Crippen molar-refractivity contribution >= 4 is 35.2 Å². The van der Waals surface area contributed by atoms with Crippen LogP contribution in [0, 0.1) is 0 Å². The first-order valence-corrected chi connectivity index (χ1v) is 24.5. The molecule has 290 valence electrons. The van der Waals surface area contributed by atoms with Crippen molar-refractivity contribution in [3.63, 3.8) is 0 Å². The van der Waals surface area contributed by atoms with Gasteiger partial charge in [-0.15, -0.1) is 0 Å². The second kappa shape index (κ2) is 13.3. The van der Waals surface area contributed by atoms with Crippen molar-refractivity contribution in [1.82, 2.24) is 9.97 Å². The summed E-state index contributed by atoms with van der Waals surface area (Å²) >= 11 is 0. The highest BCUT2D eigenvalue weighted by Gasteiger charge is 2.51. The average Bonchev–Trinajstić information content (AvgIpc) is 3.84. The first-order chi connectivity index (χ1) is 29.9. The number of rotatable bonds is 5. The van der Waals surface area contributed by atoms with E-state index in [1.807, 2.05) is 24.3 Å². The van der Waals surface area contributed by atoms with Crippen LogP contribution in [0.5, 0.6) is 11.5 Å². The number of para-hydroxylation sites is 3. The Hall–Kier alpha value is -7.34. The molecule has 3 heterocycles. The molecule has 0 unspecified atom stereocenters. The lowest BCUT2D eigenvalue weighted by atomic mass is 9.66. The summed E-state index contributed by atoms with van der Waals surface area (Å²) in [7, 11) is -1.59. The molecular weight excluding hydrogens is 761 g/mol. The van der Waals surface area contributed by atoms with Crippen LogP contribution in [0.25, 0.3) is 78.1 Å². The third-order valence-electron chi connectivity index (χ3n) is 12.7. The van der Waals surface area contributed by atoms with E-state index >= 15 is 0 Å². The Morgan fingerprint density at radius 2 is 1.07 bits per heavy atom. The molecule has 2 aromatic heterocycles. The summed E-state index contributed by atoms with van der Waals surface area (Å²) in [6.45, 7) is 7.16. The molecular formula is C56H40N2O2Si. The summed E-state index contributed by atoms with van der Waals surface area (Å²) in [5.74, 6) is 2.45. The minimum Gasteiger partial charge on any atom is -0.457 e. The standard InChI is InChI=1S/C56H40N2O2Si/c1-61(2,3)37-20-15-19-36(33-37)47-34-48(58-55(57-47)35-17-5-4-6-18-35)41-32-31-39(54-53(41)42-22-8-12-28-49(42)60-54)38-23-16-27-46-52(38)40-21-7-9-24-43(40)56(46)44-25-10-13-29-50(44)59-51-30-14-11-26-45(51)56/h4-34H,1-3H3. The zero-order valence-corrected chi connectivity index (χ0v) is 35.1. The van der Waals surface area contributed by atoms with Gasteiger partial charge in [0, 0.05) is 44.2 Å². The van der Waals surface area contributed by atoms with Crippen molar-refractivity contribution in [1.29, 1.82) is 0 Å². The Morgan fingerprint density at radius 3 is 1.85 bits per heavy atom. The largest absolute Gasteiger partial charge is 0.457 e. The highest BCUT2D eigenvalue weighted by molar-refractivity contribution is 6.88.